The van der Waals surface area contributed by atoms with Crippen LogP contribution in [0.5, 0.6) is 11.5 Å². The maximum atomic E-state index is 11.9. The van der Waals surface area contributed by atoms with Crippen LogP contribution in [0.4, 0.5) is 0 Å². The Balaban J connectivity index is 2.19. The average Bonchev–Trinajstić information content (AvgIpc) is 2.43. The number of benzene rings is 2. The van der Waals surface area contributed by atoms with E-state index in [0.717, 1.165) is 0 Å². The Morgan fingerprint density at radius 1 is 1.05 bits per heavy atom. The highest BCUT2D eigenvalue weighted by molar-refractivity contribution is 5.95. The van der Waals surface area contributed by atoms with E-state index in [1.165, 1.54) is 12.1 Å². The highest BCUT2D eigenvalue weighted by Crippen LogP contribution is 2.26. The van der Waals surface area contributed by atoms with Gasteiger partial charge in [0, 0.05) is 0 Å². The number of hydrogen-bond donors (Lipinski definition) is 1. The third kappa shape index (κ3) is 2.98. The van der Waals surface area contributed by atoms with Crippen molar-refractivity contribution in [3.63, 3.8) is 0 Å². The van der Waals surface area contributed by atoms with E-state index in [4.69, 9.17) is 4.74 Å². The SMILES string of the molecule is O=[C]C(C(=O)Oc1ccccc1O)c1ccccc1. The molecule has 0 saturated carbocycles. The Hall–Kier alpha value is -2.62. The topological polar surface area (TPSA) is 63.6 Å². The highest BCUT2D eigenvalue weighted by atomic mass is 16.5. The van der Waals surface area contributed by atoms with Crippen molar-refractivity contribution in [2.24, 2.45) is 0 Å². The summed E-state index contributed by atoms with van der Waals surface area (Å²) in [6, 6.07) is 14.5. The number of rotatable bonds is 4. The molecule has 1 atom stereocenters. The van der Waals surface area contributed by atoms with Crippen molar-refractivity contribution in [1.29, 1.82) is 0 Å². The Bertz CT molecular complexity index is 578. The van der Waals surface area contributed by atoms with Gasteiger partial charge in [-0.25, -0.2) is 0 Å². The van der Waals surface area contributed by atoms with Crippen molar-refractivity contribution in [1.82, 2.24) is 0 Å². The molecular formula is C15H11O4. The van der Waals surface area contributed by atoms with E-state index in [-0.39, 0.29) is 11.5 Å². The van der Waals surface area contributed by atoms with Crippen molar-refractivity contribution in [3.05, 3.63) is 60.2 Å². The molecule has 0 amide bonds. The number of ether oxygens (including phenoxy) is 1. The van der Waals surface area contributed by atoms with Crippen LogP contribution >= 0.6 is 0 Å². The fourth-order valence-electron chi connectivity index (χ4n) is 1.61. The number of esters is 1. The van der Waals surface area contributed by atoms with Crippen LogP contribution in [0.15, 0.2) is 54.6 Å². The molecule has 95 valence electrons. The number of carbonyl (C=O) groups excluding carboxylic acids is 2. The molecule has 0 fully saturated rings. The van der Waals surface area contributed by atoms with Crippen LogP contribution in [0.1, 0.15) is 11.5 Å². The first kappa shape index (κ1) is 12.8. The lowest BCUT2D eigenvalue weighted by Gasteiger charge is -2.10. The molecule has 0 aromatic heterocycles. The minimum atomic E-state index is -1.12. The van der Waals surface area contributed by atoms with Gasteiger partial charge in [0.05, 0.1) is 0 Å². The Morgan fingerprint density at radius 2 is 1.68 bits per heavy atom. The lowest BCUT2D eigenvalue weighted by Crippen LogP contribution is -2.19. The predicted octanol–water partition coefficient (Wildman–Crippen LogP) is 2.19. The molecule has 4 heteroatoms. The largest absolute Gasteiger partial charge is 0.504 e. The third-order valence-electron chi connectivity index (χ3n) is 2.56. The first-order valence-electron chi connectivity index (χ1n) is 5.64. The van der Waals surface area contributed by atoms with E-state index in [0.29, 0.717) is 5.56 Å². The number of phenolic OH excluding ortho intramolecular Hbond substituents is 1. The standard InChI is InChI=1S/C15H11O4/c16-10-12(11-6-2-1-3-7-11)15(18)19-14-9-5-4-8-13(14)17/h1-9,12,17H. The molecule has 0 bridgehead atoms. The van der Waals surface area contributed by atoms with Gasteiger partial charge < -0.3 is 9.84 Å². The molecule has 1 unspecified atom stereocenters. The van der Waals surface area contributed by atoms with Crippen LogP contribution < -0.4 is 4.74 Å². The van der Waals surface area contributed by atoms with E-state index in [1.54, 1.807) is 48.8 Å². The molecule has 0 heterocycles. The molecule has 0 aliphatic carbocycles. The normalized spacial score (nSPS) is 11.6. The summed E-state index contributed by atoms with van der Waals surface area (Å²) < 4.78 is 5.00. The van der Waals surface area contributed by atoms with E-state index in [2.05, 4.69) is 0 Å². The van der Waals surface area contributed by atoms with Gasteiger partial charge in [0.2, 0.25) is 6.29 Å². The van der Waals surface area contributed by atoms with Gasteiger partial charge >= 0.3 is 5.97 Å². The Morgan fingerprint density at radius 3 is 2.32 bits per heavy atom. The first-order valence-corrected chi connectivity index (χ1v) is 5.64. The Kier molecular flexibility index (Phi) is 3.93. The van der Waals surface area contributed by atoms with Crippen molar-refractivity contribution < 1.29 is 19.4 Å². The van der Waals surface area contributed by atoms with Gasteiger partial charge in [-0.15, -0.1) is 0 Å². The van der Waals surface area contributed by atoms with E-state index < -0.39 is 11.9 Å². The molecule has 2 aromatic rings. The zero-order valence-electron chi connectivity index (χ0n) is 9.95. The summed E-state index contributed by atoms with van der Waals surface area (Å²) in [6.45, 7) is 0. The second-order valence-corrected chi connectivity index (χ2v) is 3.85. The number of aromatic hydroxyl groups is 1. The van der Waals surface area contributed by atoms with Gasteiger partial charge in [0.25, 0.3) is 0 Å². The number of carbonyl (C=O) groups is 1. The molecule has 4 nitrogen and oxygen atoms in total. The van der Waals surface area contributed by atoms with E-state index in [9.17, 15) is 14.7 Å². The fourth-order valence-corrected chi connectivity index (χ4v) is 1.61. The second-order valence-electron chi connectivity index (χ2n) is 3.85. The third-order valence-corrected chi connectivity index (χ3v) is 2.56. The summed E-state index contributed by atoms with van der Waals surface area (Å²) in [4.78, 5) is 22.8. The number of hydrogen-bond acceptors (Lipinski definition) is 4. The van der Waals surface area contributed by atoms with Gasteiger partial charge in [0.15, 0.2) is 11.5 Å². The van der Waals surface area contributed by atoms with Crippen molar-refractivity contribution in [2.75, 3.05) is 0 Å². The lowest BCUT2D eigenvalue weighted by molar-refractivity contribution is -0.134. The molecule has 2 rings (SSSR count). The van der Waals surface area contributed by atoms with Crippen LogP contribution in [0.25, 0.3) is 0 Å². The molecule has 0 saturated heterocycles. The molecule has 0 spiro atoms. The van der Waals surface area contributed by atoms with Gasteiger partial charge in [-0.05, 0) is 17.7 Å². The molecular weight excluding hydrogens is 244 g/mol. The summed E-state index contributed by atoms with van der Waals surface area (Å²) in [5.74, 6) is -2.04. The summed E-state index contributed by atoms with van der Waals surface area (Å²) >= 11 is 0. The zero-order valence-corrected chi connectivity index (χ0v) is 9.95. The van der Waals surface area contributed by atoms with Crippen LogP contribution in [-0.4, -0.2) is 17.4 Å². The molecule has 19 heavy (non-hydrogen) atoms. The second kappa shape index (κ2) is 5.82. The Labute approximate surface area is 110 Å². The molecule has 1 N–H and O–H groups in total. The smallest absolute Gasteiger partial charge is 0.327 e. The van der Waals surface area contributed by atoms with E-state index >= 15 is 0 Å². The molecule has 0 aliphatic rings. The van der Waals surface area contributed by atoms with Crippen LogP contribution in [0, 0.1) is 0 Å². The maximum absolute atomic E-state index is 11.9. The quantitative estimate of drug-likeness (QED) is 0.516. The zero-order chi connectivity index (χ0) is 13.7. The summed E-state index contributed by atoms with van der Waals surface area (Å²) in [5, 5.41) is 9.51. The van der Waals surface area contributed by atoms with Gasteiger partial charge in [-0.3, -0.25) is 9.59 Å². The maximum Gasteiger partial charge on any atom is 0.327 e. The van der Waals surface area contributed by atoms with Crippen LogP contribution in [-0.2, 0) is 9.59 Å². The van der Waals surface area contributed by atoms with Crippen LogP contribution in [0.3, 0.4) is 0 Å². The van der Waals surface area contributed by atoms with Crippen molar-refractivity contribution in [2.45, 2.75) is 5.92 Å². The summed E-state index contributed by atoms with van der Waals surface area (Å²) in [6.07, 6.45) is 1.65. The van der Waals surface area contributed by atoms with Crippen molar-refractivity contribution >= 4 is 12.3 Å². The van der Waals surface area contributed by atoms with Crippen molar-refractivity contribution in [3.8, 4) is 11.5 Å². The fraction of sp³-hybridized carbons (Fsp3) is 0.0667. The van der Waals surface area contributed by atoms with E-state index in [1.807, 2.05) is 0 Å². The number of phenols is 1. The summed E-state index contributed by atoms with van der Waals surface area (Å²) in [7, 11) is 0. The monoisotopic (exact) mass is 255 g/mol. The molecule has 0 aliphatic heterocycles. The predicted molar refractivity (Wildman–Crippen MR) is 68.6 cm³/mol. The molecule has 2 aromatic carbocycles. The van der Waals surface area contributed by atoms with Gasteiger partial charge in [-0.2, -0.15) is 0 Å². The lowest BCUT2D eigenvalue weighted by atomic mass is 10.0. The minimum Gasteiger partial charge on any atom is -0.504 e. The van der Waals surface area contributed by atoms with Crippen LogP contribution in [0.2, 0.25) is 0 Å². The number of para-hydroxylation sites is 2. The summed E-state index contributed by atoms with van der Waals surface area (Å²) in [5.41, 5.74) is 0.498. The average molecular weight is 255 g/mol. The molecule has 1 radical (unpaired) electrons. The van der Waals surface area contributed by atoms with Gasteiger partial charge in [-0.1, -0.05) is 42.5 Å². The van der Waals surface area contributed by atoms with Gasteiger partial charge in [0.1, 0.15) is 5.92 Å². The minimum absolute atomic E-state index is 0.0173. The first-order chi connectivity index (χ1) is 9.22. The highest BCUT2D eigenvalue weighted by Gasteiger charge is 2.23.